The van der Waals surface area contributed by atoms with Gasteiger partial charge < -0.3 is 19.5 Å². The predicted molar refractivity (Wildman–Crippen MR) is 117 cm³/mol. The number of nitrogens with zero attached hydrogens (tertiary/aromatic N) is 2. The van der Waals surface area contributed by atoms with Crippen molar-refractivity contribution in [2.24, 2.45) is 0 Å². The number of rotatable bonds is 9. The Bertz CT molecular complexity index is 973. The van der Waals surface area contributed by atoms with Crippen LogP contribution in [0.1, 0.15) is 17.7 Å². The lowest BCUT2D eigenvalue weighted by Crippen LogP contribution is -2.48. The van der Waals surface area contributed by atoms with Gasteiger partial charge >= 0.3 is 6.09 Å². The van der Waals surface area contributed by atoms with Gasteiger partial charge in [-0.1, -0.05) is 65.8 Å². The third kappa shape index (κ3) is 6.44. The molecule has 0 bridgehead atoms. The number of amides is 2. The molecule has 2 aromatic carbocycles. The minimum atomic E-state index is -0.699. The molecule has 0 saturated carbocycles. The lowest BCUT2D eigenvalue weighted by molar-refractivity contribution is -0.132. The largest absolute Gasteiger partial charge is 0.453 e. The first-order valence-corrected chi connectivity index (χ1v) is 10.2. The molecule has 7 heteroatoms. The summed E-state index contributed by atoms with van der Waals surface area (Å²) in [5, 5.41) is 6.76. The molecule has 1 heterocycles. The van der Waals surface area contributed by atoms with E-state index >= 15 is 0 Å². The normalized spacial score (nSPS) is 11.5. The van der Waals surface area contributed by atoms with Crippen molar-refractivity contribution in [2.75, 3.05) is 20.7 Å². The van der Waals surface area contributed by atoms with Crippen molar-refractivity contribution >= 4 is 12.0 Å². The molecule has 0 aliphatic carbocycles. The number of alkyl carbamates (subject to hydrolysis) is 1. The van der Waals surface area contributed by atoms with E-state index in [0.717, 1.165) is 22.6 Å². The molecule has 0 radical (unpaired) electrons. The van der Waals surface area contributed by atoms with Crippen molar-refractivity contribution in [1.29, 1.82) is 0 Å². The Morgan fingerprint density at radius 3 is 2.45 bits per heavy atom. The number of nitrogens with one attached hydrogen (secondary N) is 1. The molecular formula is C24H27N3O4. The molecular weight excluding hydrogens is 394 g/mol. The Balaban J connectivity index is 1.55. The van der Waals surface area contributed by atoms with Gasteiger partial charge in [-0.3, -0.25) is 4.79 Å². The van der Waals surface area contributed by atoms with Crippen molar-refractivity contribution in [1.82, 2.24) is 15.4 Å². The first-order valence-electron chi connectivity index (χ1n) is 10.2. The Morgan fingerprint density at radius 1 is 1.10 bits per heavy atom. The highest BCUT2D eigenvalue weighted by Gasteiger charge is 2.24. The molecule has 3 rings (SSSR count). The SMILES string of the molecule is COC(=O)NC(Cc1ccccc1)C(=O)N(C)CCCc1cc(-c2ccccc2)no1. The predicted octanol–water partition coefficient (Wildman–Crippen LogP) is 3.70. The molecule has 1 aromatic heterocycles. The number of aromatic nitrogens is 1. The van der Waals surface area contributed by atoms with E-state index in [1.807, 2.05) is 66.7 Å². The van der Waals surface area contributed by atoms with E-state index in [-0.39, 0.29) is 5.91 Å². The highest BCUT2D eigenvalue weighted by Crippen LogP contribution is 2.19. The molecule has 1 atom stereocenters. The number of carbonyl (C=O) groups excluding carboxylic acids is 2. The van der Waals surface area contributed by atoms with Crippen molar-refractivity contribution < 1.29 is 18.8 Å². The van der Waals surface area contributed by atoms with Crippen LogP contribution in [0, 0.1) is 0 Å². The van der Waals surface area contributed by atoms with Gasteiger partial charge in [0.05, 0.1) is 7.11 Å². The maximum atomic E-state index is 13.0. The second-order valence-electron chi connectivity index (χ2n) is 7.29. The van der Waals surface area contributed by atoms with Gasteiger partial charge in [-0.15, -0.1) is 0 Å². The van der Waals surface area contributed by atoms with E-state index < -0.39 is 12.1 Å². The zero-order valence-corrected chi connectivity index (χ0v) is 17.8. The maximum Gasteiger partial charge on any atom is 0.407 e. The quantitative estimate of drug-likeness (QED) is 0.569. The standard InChI is InChI=1S/C24H27N3O4/c1-27(15-9-14-20-17-21(26-31-20)19-12-7-4-8-13-19)23(28)22(25-24(29)30-2)16-18-10-5-3-6-11-18/h3-8,10-13,17,22H,9,14-16H2,1-2H3,(H,25,29). The first-order chi connectivity index (χ1) is 15.1. The van der Waals surface area contributed by atoms with Crippen LogP contribution in [0.15, 0.2) is 71.3 Å². The Hall–Kier alpha value is -3.61. The molecule has 0 fully saturated rings. The van der Waals surface area contributed by atoms with Gasteiger partial charge in [0.15, 0.2) is 0 Å². The zero-order valence-electron chi connectivity index (χ0n) is 17.8. The molecule has 0 saturated heterocycles. The van der Waals surface area contributed by atoms with Crippen LogP contribution >= 0.6 is 0 Å². The van der Waals surface area contributed by atoms with Gasteiger partial charge in [0.25, 0.3) is 0 Å². The summed E-state index contributed by atoms with van der Waals surface area (Å²) >= 11 is 0. The van der Waals surface area contributed by atoms with Gasteiger partial charge in [0, 0.05) is 38.1 Å². The molecule has 0 spiro atoms. The van der Waals surface area contributed by atoms with Crippen LogP contribution in [0.3, 0.4) is 0 Å². The molecule has 1 unspecified atom stereocenters. The Kier molecular flexibility index (Phi) is 7.81. The average Bonchev–Trinajstić information content (AvgIpc) is 3.28. The highest BCUT2D eigenvalue weighted by molar-refractivity contribution is 5.85. The molecule has 31 heavy (non-hydrogen) atoms. The topological polar surface area (TPSA) is 84.7 Å². The van der Waals surface area contributed by atoms with Crippen LogP contribution in [-0.4, -0.2) is 48.8 Å². The summed E-state index contributed by atoms with van der Waals surface area (Å²) in [6.07, 6.45) is 1.13. The molecule has 162 valence electrons. The van der Waals surface area contributed by atoms with E-state index in [2.05, 4.69) is 15.2 Å². The minimum absolute atomic E-state index is 0.170. The lowest BCUT2D eigenvalue weighted by atomic mass is 10.0. The summed E-state index contributed by atoms with van der Waals surface area (Å²) in [6.45, 7) is 0.522. The van der Waals surface area contributed by atoms with Crippen LogP contribution in [-0.2, 0) is 22.4 Å². The molecule has 7 nitrogen and oxygen atoms in total. The minimum Gasteiger partial charge on any atom is -0.453 e. The second-order valence-corrected chi connectivity index (χ2v) is 7.29. The van der Waals surface area contributed by atoms with Crippen molar-refractivity contribution in [3.8, 4) is 11.3 Å². The number of hydrogen-bond donors (Lipinski definition) is 1. The van der Waals surface area contributed by atoms with Crippen LogP contribution in [0.4, 0.5) is 4.79 Å². The molecule has 0 aliphatic heterocycles. The number of hydrogen-bond acceptors (Lipinski definition) is 5. The molecule has 0 aliphatic rings. The van der Waals surface area contributed by atoms with Crippen LogP contribution in [0.25, 0.3) is 11.3 Å². The number of likely N-dealkylation sites (N-methyl/N-ethyl adjacent to an activating group) is 1. The summed E-state index contributed by atoms with van der Waals surface area (Å²) in [5.41, 5.74) is 2.76. The van der Waals surface area contributed by atoms with Gasteiger partial charge in [0.1, 0.15) is 17.5 Å². The Morgan fingerprint density at radius 2 is 1.77 bits per heavy atom. The van der Waals surface area contributed by atoms with E-state index in [0.29, 0.717) is 25.8 Å². The van der Waals surface area contributed by atoms with Gasteiger partial charge in [-0.2, -0.15) is 0 Å². The van der Waals surface area contributed by atoms with Crippen LogP contribution in [0.2, 0.25) is 0 Å². The van der Waals surface area contributed by atoms with Gasteiger partial charge in [-0.25, -0.2) is 4.79 Å². The van der Waals surface area contributed by atoms with Crippen molar-refractivity contribution in [3.63, 3.8) is 0 Å². The molecule has 3 aromatic rings. The number of aryl methyl sites for hydroxylation is 1. The molecule has 2 amide bonds. The van der Waals surface area contributed by atoms with Crippen LogP contribution < -0.4 is 5.32 Å². The monoisotopic (exact) mass is 421 g/mol. The smallest absolute Gasteiger partial charge is 0.407 e. The second kappa shape index (κ2) is 11.0. The number of carbonyl (C=O) groups is 2. The summed E-state index contributed by atoms with van der Waals surface area (Å²) in [7, 11) is 3.01. The number of ether oxygens (including phenoxy) is 1. The first kappa shape index (κ1) is 22.1. The average molecular weight is 421 g/mol. The lowest BCUT2D eigenvalue weighted by Gasteiger charge is -2.24. The van der Waals surface area contributed by atoms with Crippen molar-refractivity contribution in [2.45, 2.75) is 25.3 Å². The Labute approximate surface area is 182 Å². The highest BCUT2D eigenvalue weighted by atomic mass is 16.5. The number of methoxy groups -OCH3 is 1. The summed E-state index contributed by atoms with van der Waals surface area (Å²) in [4.78, 5) is 26.3. The fourth-order valence-electron chi connectivity index (χ4n) is 3.29. The summed E-state index contributed by atoms with van der Waals surface area (Å²) < 4.78 is 10.1. The summed E-state index contributed by atoms with van der Waals surface area (Å²) in [6, 6.07) is 20.6. The zero-order chi connectivity index (χ0) is 22.1. The third-order valence-electron chi connectivity index (χ3n) is 4.98. The van der Waals surface area contributed by atoms with Gasteiger partial charge in [0.2, 0.25) is 5.91 Å². The maximum absolute atomic E-state index is 13.0. The van der Waals surface area contributed by atoms with E-state index in [4.69, 9.17) is 4.52 Å². The third-order valence-corrected chi connectivity index (χ3v) is 4.98. The number of benzene rings is 2. The van der Waals surface area contributed by atoms with Crippen LogP contribution in [0.5, 0.6) is 0 Å². The van der Waals surface area contributed by atoms with E-state index in [1.165, 1.54) is 7.11 Å². The molecule has 1 N–H and O–H groups in total. The fourth-order valence-corrected chi connectivity index (χ4v) is 3.29. The summed E-state index contributed by atoms with van der Waals surface area (Å²) in [5.74, 6) is 0.602. The fraction of sp³-hybridized carbons (Fsp3) is 0.292. The van der Waals surface area contributed by atoms with Gasteiger partial charge in [-0.05, 0) is 12.0 Å². The van der Waals surface area contributed by atoms with E-state index in [9.17, 15) is 9.59 Å². The van der Waals surface area contributed by atoms with E-state index in [1.54, 1.807) is 11.9 Å². The van der Waals surface area contributed by atoms with Crippen molar-refractivity contribution in [3.05, 3.63) is 78.1 Å².